The SMILES string of the molecule is COC(=O)[C@@H]1Cc2occc2CN1. The third-order valence-corrected chi connectivity index (χ3v) is 2.25. The fourth-order valence-electron chi connectivity index (χ4n) is 1.50. The maximum absolute atomic E-state index is 11.2. The zero-order valence-corrected chi connectivity index (χ0v) is 7.37. The quantitative estimate of drug-likeness (QED) is 0.640. The smallest absolute Gasteiger partial charge is 0.323 e. The van der Waals surface area contributed by atoms with E-state index in [1.165, 1.54) is 7.11 Å². The lowest BCUT2D eigenvalue weighted by Crippen LogP contribution is -2.41. The molecule has 0 amide bonds. The maximum atomic E-state index is 11.2. The van der Waals surface area contributed by atoms with Gasteiger partial charge in [0.25, 0.3) is 0 Å². The average Bonchev–Trinajstić information content (AvgIpc) is 2.63. The molecule has 0 spiro atoms. The first-order chi connectivity index (χ1) is 6.31. The van der Waals surface area contributed by atoms with Gasteiger partial charge in [0.15, 0.2) is 0 Å². The number of nitrogens with one attached hydrogen (secondary N) is 1. The van der Waals surface area contributed by atoms with Gasteiger partial charge in [-0.15, -0.1) is 0 Å². The van der Waals surface area contributed by atoms with Crippen molar-refractivity contribution in [3.63, 3.8) is 0 Å². The number of fused-ring (bicyclic) bond motifs is 1. The number of furan rings is 1. The minimum absolute atomic E-state index is 0.234. The van der Waals surface area contributed by atoms with Gasteiger partial charge in [0.2, 0.25) is 0 Å². The van der Waals surface area contributed by atoms with E-state index < -0.39 is 0 Å². The zero-order valence-electron chi connectivity index (χ0n) is 7.37. The van der Waals surface area contributed by atoms with Crippen LogP contribution in [0.3, 0.4) is 0 Å². The van der Waals surface area contributed by atoms with Gasteiger partial charge in [0.1, 0.15) is 11.8 Å². The Hall–Kier alpha value is -1.29. The fourth-order valence-corrected chi connectivity index (χ4v) is 1.50. The van der Waals surface area contributed by atoms with Crippen molar-refractivity contribution < 1.29 is 13.9 Å². The Bertz CT molecular complexity index is 318. The van der Waals surface area contributed by atoms with Crippen molar-refractivity contribution in [2.45, 2.75) is 19.0 Å². The Labute approximate surface area is 75.9 Å². The van der Waals surface area contributed by atoms with Crippen molar-refractivity contribution in [1.82, 2.24) is 5.32 Å². The molecule has 0 saturated heterocycles. The molecule has 1 aromatic rings. The largest absolute Gasteiger partial charge is 0.469 e. The molecule has 0 bridgehead atoms. The lowest BCUT2D eigenvalue weighted by molar-refractivity contribution is -0.143. The van der Waals surface area contributed by atoms with E-state index in [1.54, 1.807) is 6.26 Å². The van der Waals surface area contributed by atoms with Crippen LogP contribution in [0.25, 0.3) is 0 Å². The highest BCUT2D eigenvalue weighted by molar-refractivity contribution is 5.76. The van der Waals surface area contributed by atoms with Gasteiger partial charge in [0.05, 0.1) is 13.4 Å². The minimum Gasteiger partial charge on any atom is -0.469 e. The predicted molar refractivity (Wildman–Crippen MR) is 45.1 cm³/mol. The third kappa shape index (κ3) is 1.45. The highest BCUT2D eigenvalue weighted by atomic mass is 16.5. The Morgan fingerprint density at radius 1 is 1.77 bits per heavy atom. The van der Waals surface area contributed by atoms with E-state index in [0.717, 1.165) is 11.3 Å². The molecule has 0 aliphatic carbocycles. The Morgan fingerprint density at radius 3 is 3.38 bits per heavy atom. The van der Waals surface area contributed by atoms with Crippen LogP contribution in [-0.2, 0) is 22.5 Å². The highest BCUT2D eigenvalue weighted by Crippen LogP contribution is 2.17. The van der Waals surface area contributed by atoms with Crippen LogP contribution in [0.1, 0.15) is 11.3 Å². The second-order valence-corrected chi connectivity index (χ2v) is 3.03. The molecule has 1 atom stereocenters. The van der Waals surface area contributed by atoms with Crippen LogP contribution in [0.15, 0.2) is 16.7 Å². The topological polar surface area (TPSA) is 51.5 Å². The number of hydrogen-bond donors (Lipinski definition) is 1. The molecular formula is C9H11NO3. The number of carbonyl (C=O) groups excluding carboxylic acids is 1. The lowest BCUT2D eigenvalue weighted by atomic mass is 10.0. The summed E-state index contributed by atoms with van der Waals surface area (Å²) in [7, 11) is 1.39. The summed E-state index contributed by atoms with van der Waals surface area (Å²) in [5, 5.41) is 3.08. The number of ether oxygens (including phenoxy) is 1. The number of methoxy groups -OCH3 is 1. The summed E-state index contributed by atoms with van der Waals surface area (Å²) in [5.41, 5.74) is 1.13. The second-order valence-electron chi connectivity index (χ2n) is 3.03. The molecule has 0 fully saturated rings. The standard InChI is InChI=1S/C9H11NO3/c1-12-9(11)7-4-8-6(5-10-7)2-3-13-8/h2-3,7,10H,4-5H2,1H3/t7-/m0/s1. The molecule has 4 heteroatoms. The molecule has 1 N–H and O–H groups in total. The summed E-state index contributed by atoms with van der Waals surface area (Å²) in [6.45, 7) is 0.672. The number of carbonyl (C=O) groups is 1. The van der Waals surface area contributed by atoms with Crippen LogP contribution in [0.4, 0.5) is 0 Å². The maximum Gasteiger partial charge on any atom is 0.323 e. The molecule has 0 unspecified atom stereocenters. The van der Waals surface area contributed by atoms with Crippen molar-refractivity contribution in [2.24, 2.45) is 0 Å². The van der Waals surface area contributed by atoms with E-state index in [2.05, 4.69) is 10.1 Å². The van der Waals surface area contributed by atoms with E-state index in [1.807, 2.05) is 6.07 Å². The van der Waals surface area contributed by atoms with Crippen molar-refractivity contribution in [3.05, 3.63) is 23.7 Å². The van der Waals surface area contributed by atoms with Crippen molar-refractivity contribution in [1.29, 1.82) is 0 Å². The molecule has 0 radical (unpaired) electrons. The van der Waals surface area contributed by atoms with Crippen LogP contribution >= 0.6 is 0 Å². The van der Waals surface area contributed by atoms with E-state index >= 15 is 0 Å². The third-order valence-electron chi connectivity index (χ3n) is 2.25. The Morgan fingerprint density at radius 2 is 2.62 bits per heavy atom. The molecule has 0 aromatic carbocycles. The number of hydrogen-bond acceptors (Lipinski definition) is 4. The van der Waals surface area contributed by atoms with Gasteiger partial charge in [-0.1, -0.05) is 0 Å². The summed E-state index contributed by atoms with van der Waals surface area (Å²) in [5.74, 6) is 0.649. The van der Waals surface area contributed by atoms with Crippen LogP contribution < -0.4 is 5.32 Å². The van der Waals surface area contributed by atoms with Crippen LogP contribution in [-0.4, -0.2) is 19.1 Å². The van der Waals surface area contributed by atoms with E-state index in [0.29, 0.717) is 13.0 Å². The van der Waals surface area contributed by atoms with Crippen molar-refractivity contribution >= 4 is 5.97 Å². The van der Waals surface area contributed by atoms with Gasteiger partial charge in [-0.25, -0.2) is 0 Å². The average molecular weight is 181 g/mol. The van der Waals surface area contributed by atoms with Gasteiger partial charge >= 0.3 is 5.97 Å². The predicted octanol–water partition coefficient (Wildman–Crippen LogP) is 0.467. The van der Waals surface area contributed by atoms with Gasteiger partial charge in [0, 0.05) is 18.5 Å². The molecular weight excluding hydrogens is 170 g/mol. The normalized spacial score (nSPS) is 20.8. The molecule has 70 valence electrons. The molecule has 4 nitrogen and oxygen atoms in total. The fraction of sp³-hybridized carbons (Fsp3) is 0.444. The minimum atomic E-state index is -0.261. The summed E-state index contributed by atoms with van der Waals surface area (Å²) in [6, 6.07) is 1.65. The van der Waals surface area contributed by atoms with Gasteiger partial charge < -0.3 is 9.15 Å². The van der Waals surface area contributed by atoms with Crippen molar-refractivity contribution in [2.75, 3.05) is 7.11 Å². The van der Waals surface area contributed by atoms with Gasteiger partial charge in [-0.3, -0.25) is 10.1 Å². The Kier molecular flexibility index (Phi) is 2.06. The summed E-state index contributed by atoms with van der Waals surface area (Å²) < 4.78 is 9.87. The first kappa shape index (κ1) is 8.31. The number of rotatable bonds is 1. The summed E-state index contributed by atoms with van der Waals surface area (Å²) in [4.78, 5) is 11.2. The highest BCUT2D eigenvalue weighted by Gasteiger charge is 2.26. The van der Waals surface area contributed by atoms with Crippen molar-refractivity contribution in [3.8, 4) is 0 Å². The lowest BCUT2D eigenvalue weighted by Gasteiger charge is -2.20. The van der Waals surface area contributed by atoms with Gasteiger partial charge in [-0.2, -0.15) is 0 Å². The molecule has 2 heterocycles. The summed E-state index contributed by atoms with van der Waals surface area (Å²) in [6.07, 6.45) is 2.22. The van der Waals surface area contributed by atoms with E-state index in [4.69, 9.17) is 4.42 Å². The van der Waals surface area contributed by atoms with Crippen LogP contribution in [0.5, 0.6) is 0 Å². The van der Waals surface area contributed by atoms with E-state index in [9.17, 15) is 4.79 Å². The second kappa shape index (κ2) is 3.22. The first-order valence-electron chi connectivity index (χ1n) is 4.17. The molecule has 1 aliphatic heterocycles. The molecule has 2 rings (SSSR count). The number of esters is 1. The zero-order chi connectivity index (χ0) is 9.26. The van der Waals surface area contributed by atoms with E-state index in [-0.39, 0.29) is 12.0 Å². The first-order valence-corrected chi connectivity index (χ1v) is 4.17. The molecule has 13 heavy (non-hydrogen) atoms. The van der Waals surface area contributed by atoms with Crippen LogP contribution in [0.2, 0.25) is 0 Å². The van der Waals surface area contributed by atoms with Gasteiger partial charge in [-0.05, 0) is 6.07 Å². The Balaban J connectivity index is 2.13. The molecule has 1 aromatic heterocycles. The molecule has 1 aliphatic rings. The summed E-state index contributed by atoms with van der Waals surface area (Å²) >= 11 is 0. The molecule has 0 saturated carbocycles. The monoisotopic (exact) mass is 181 g/mol. The van der Waals surface area contributed by atoms with Crippen LogP contribution in [0, 0.1) is 0 Å².